The summed E-state index contributed by atoms with van der Waals surface area (Å²) in [6, 6.07) is 11.4. The Morgan fingerprint density at radius 2 is 1.87 bits per heavy atom. The number of hydrogen-bond donors (Lipinski definition) is 1. The van der Waals surface area contributed by atoms with Crippen molar-refractivity contribution in [3.63, 3.8) is 0 Å². The van der Waals surface area contributed by atoms with Crippen LogP contribution in [0, 0.1) is 5.92 Å². The molecule has 6 nitrogen and oxygen atoms in total. The molecular formula is C23H25FN4O2. The molecule has 1 N–H and O–H groups in total. The first-order valence-corrected chi connectivity index (χ1v) is 10.7. The maximum Gasteiger partial charge on any atom is 0.354 e. The molecule has 0 atom stereocenters. The molecule has 3 heterocycles. The predicted octanol–water partition coefficient (Wildman–Crippen LogP) is 4.57. The van der Waals surface area contributed by atoms with E-state index in [0.717, 1.165) is 48.1 Å². The number of aromatic nitrogens is 3. The van der Waals surface area contributed by atoms with Gasteiger partial charge in [-0.15, -0.1) is 0 Å². The third kappa shape index (κ3) is 3.22. The molecule has 0 unspecified atom stereocenters. The number of pyridine rings is 1. The summed E-state index contributed by atoms with van der Waals surface area (Å²) in [5.41, 5.74) is 3.35. The van der Waals surface area contributed by atoms with E-state index in [2.05, 4.69) is 9.88 Å². The van der Waals surface area contributed by atoms with Crippen molar-refractivity contribution in [1.82, 2.24) is 14.8 Å². The molecule has 2 aliphatic rings. The first-order valence-electron chi connectivity index (χ1n) is 10.7. The molecule has 1 aromatic carbocycles. The third-order valence-corrected chi connectivity index (χ3v) is 6.53. The monoisotopic (exact) mass is 408 g/mol. The summed E-state index contributed by atoms with van der Waals surface area (Å²) in [4.78, 5) is 18.6. The van der Waals surface area contributed by atoms with Crippen molar-refractivity contribution in [2.75, 3.05) is 24.7 Å². The Morgan fingerprint density at radius 1 is 1.13 bits per heavy atom. The number of benzene rings is 1. The van der Waals surface area contributed by atoms with Crippen molar-refractivity contribution < 1.29 is 14.3 Å². The van der Waals surface area contributed by atoms with Crippen molar-refractivity contribution in [3.8, 4) is 5.69 Å². The number of nitrogens with zero attached hydrogens (tertiary/aromatic N) is 4. The fourth-order valence-corrected chi connectivity index (χ4v) is 4.53. The highest BCUT2D eigenvalue weighted by Gasteiger charge is 2.31. The molecule has 0 spiro atoms. The van der Waals surface area contributed by atoms with Crippen molar-refractivity contribution in [2.45, 2.75) is 38.0 Å². The van der Waals surface area contributed by atoms with Gasteiger partial charge in [0.25, 0.3) is 0 Å². The Balaban J connectivity index is 1.72. The Bertz CT molecular complexity index is 1070. The number of rotatable bonds is 5. The maximum atomic E-state index is 13.1. The number of alkyl halides is 1. The topological polar surface area (TPSA) is 71.2 Å². The highest BCUT2D eigenvalue weighted by Crippen LogP contribution is 2.43. The lowest BCUT2D eigenvalue weighted by molar-refractivity contribution is 0.0691. The van der Waals surface area contributed by atoms with Crippen molar-refractivity contribution in [2.24, 2.45) is 5.92 Å². The van der Waals surface area contributed by atoms with Crippen LogP contribution in [0.2, 0.25) is 0 Å². The van der Waals surface area contributed by atoms with Crippen molar-refractivity contribution >= 4 is 22.7 Å². The summed E-state index contributed by atoms with van der Waals surface area (Å²) in [5, 5.41) is 15.6. The van der Waals surface area contributed by atoms with Gasteiger partial charge in [-0.3, -0.25) is 4.39 Å². The number of halogens is 1. The average molecular weight is 408 g/mol. The predicted molar refractivity (Wildman–Crippen MR) is 113 cm³/mol. The number of piperidine rings is 1. The summed E-state index contributed by atoms with van der Waals surface area (Å²) in [7, 11) is 0. The number of aromatic carboxylic acids is 1. The van der Waals surface area contributed by atoms with E-state index in [9.17, 15) is 14.3 Å². The first kappa shape index (κ1) is 19.0. The largest absolute Gasteiger partial charge is 0.477 e. The second kappa shape index (κ2) is 7.70. The third-order valence-electron chi connectivity index (χ3n) is 6.53. The molecule has 0 bridgehead atoms. The van der Waals surface area contributed by atoms with Gasteiger partial charge >= 0.3 is 5.97 Å². The number of para-hydroxylation sites is 1. The molecule has 1 saturated carbocycles. The summed E-state index contributed by atoms with van der Waals surface area (Å²) < 4.78 is 14.9. The van der Waals surface area contributed by atoms with Crippen LogP contribution in [0.25, 0.3) is 16.7 Å². The van der Waals surface area contributed by atoms with Gasteiger partial charge in [0.1, 0.15) is 0 Å². The van der Waals surface area contributed by atoms with Crippen LogP contribution in [0.5, 0.6) is 0 Å². The van der Waals surface area contributed by atoms with Gasteiger partial charge in [-0.1, -0.05) is 24.6 Å². The van der Waals surface area contributed by atoms with E-state index in [0.29, 0.717) is 24.7 Å². The second-order valence-electron chi connectivity index (χ2n) is 8.38. The Kier molecular flexibility index (Phi) is 4.89. The molecule has 1 aliphatic carbocycles. The van der Waals surface area contributed by atoms with Gasteiger partial charge in [0.2, 0.25) is 0 Å². The molecule has 2 fully saturated rings. The zero-order valence-corrected chi connectivity index (χ0v) is 16.8. The maximum absolute atomic E-state index is 13.1. The molecular weight excluding hydrogens is 383 g/mol. The summed E-state index contributed by atoms with van der Waals surface area (Å²) in [6.45, 7) is 1.14. The number of carboxylic acid groups (broad SMARTS) is 1. The zero-order chi connectivity index (χ0) is 20.7. The molecule has 156 valence electrons. The SMILES string of the molecule is O=C(O)c1cc(N2CCC(CF)CC2)c2c(C3CCC3)nn(-c3ccccc3)c2n1. The lowest BCUT2D eigenvalue weighted by atomic mass is 9.82. The minimum Gasteiger partial charge on any atom is -0.477 e. The van der Waals surface area contributed by atoms with E-state index in [4.69, 9.17) is 5.10 Å². The molecule has 7 heteroatoms. The van der Waals surface area contributed by atoms with E-state index in [1.54, 1.807) is 10.7 Å². The highest BCUT2D eigenvalue weighted by molar-refractivity contribution is 5.98. The molecule has 2 aromatic heterocycles. The lowest BCUT2D eigenvalue weighted by Gasteiger charge is -2.33. The van der Waals surface area contributed by atoms with Crippen LogP contribution in [0.1, 0.15) is 54.2 Å². The van der Waals surface area contributed by atoms with E-state index >= 15 is 0 Å². The average Bonchev–Trinajstić information content (AvgIpc) is 3.12. The van der Waals surface area contributed by atoms with Crippen LogP contribution < -0.4 is 4.90 Å². The molecule has 0 amide bonds. The molecule has 1 aliphatic heterocycles. The highest BCUT2D eigenvalue weighted by atomic mass is 19.1. The van der Waals surface area contributed by atoms with Crippen LogP contribution >= 0.6 is 0 Å². The minimum absolute atomic E-state index is 0.0161. The van der Waals surface area contributed by atoms with Gasteiger partial charge in [-0.05, 0) is 49.8 Å². The fraction of sp³-hybridized carbons (Fsp3) is 0.435. The van der Waals surface area contributed by atoms with E-state index < -0.39 is 5.97 Å². The quantitative estimate of drug-likeness (QED) is 0.670. The Morgan fingerprint density at radius 3 is 2.47 bits per heavy atom. The van der Waals surface area contributed by atoms with Gasteiger partial charge < -0.3 is 10.0 Å². The molecule has 0 radical (unpaired) electrons. The summed E-state index contributed by atoms with van der Waals surface area (Å²) >= 11 is 0. The smallest absolute Gasteiger partial charge is 0.354 e. The van der Waals surface area contributed by atoms with E-state index in [1.807, 2.05) is 30.3 Å². The second-order valence-corrected chi connectivity index (χ2v) is 8.38. The Labute approximate surface area is 174 Å². The van der Waals surface area contributed by atoms with Crippen molar-refractivity contribution in [1.29, 1.82) is 0 Å². The molecule has 30 heavy (non-hydrogen) atoms. The lowest BCUT2D eigenvalue weighted by Crippen LogP contribution is -2.34. The molecule has 5 rings (SSSR count). The van der Waals surface area contributed by atoms with Crippen LogP contribution in [0.15, 0.2) is 36.4 Å². The van der Waals surface area contributed by atoms with Gasteiger partial charge in [-0.25, -0.2) is 14.5 Å². The number of hydrogen-bond acceptors (Lipinski definition) is 4. The number of carboxylic acids is 1. The number of anilines is 1. The van der Waals surface area contributed by atoms with Gasteiger partial charge in [-0.2, -0.15) is 5.10 Å². The molecule has 3 aromatic rings. The molecule has 1 saturated heterocycles. The number of carbonyl (C=O) groups is 1. The first-order chi connectivity index (χ1) is 14.7. The zero-order valence-electron chi connectivity index (χ0n) is 16.8. The summed E-state index contributed by atoms with van der Waals surface area (Å²) in [5.74, 6) is -0.587. The van der Waals surface area contributed by atoms with Crippen LogP contribution in [-0.4, -0.2) is 45.6 Å². The summed E-state index contributed by atoms with van der Waals surface area (Å²) in [6.07, 6.45) is 4.90. The minimum atomic E-state index is -1.05. The van der Waals surface area contributed by atoms with Crippen LogP contribution in [0.4, 0.5) is 10.1 Å². The van der Waals surface area contributed by atoms with Crippen LogP contribution in [0.3, 0.4) is 0 Å². The normalized spacial score (nSPS) is 18.0. The van der Waals surface area contributed by atoms with Crippen LogP contribution in [-0.2, 0) is 0 Å². The van der Waals surface area contributed by atoms with Gasteiger partial charge in [0.05, 0.1) is 29.1 Å². The Hall–Kier alpha value is -2.96. The van der Waals surface area contributed by atoms with Gasteiger partial charge in [0, 0.05) is 19.0 Å². The van der Waals surface area contributed by atoms with Crippen molar-refractivity contribution in [3.05, 3.63) is 47.8 Å². The van der Waals surface area contributed by atoms with E-state index in [-0.39, 0.29) is 18.3 Å². The standard InChI is InChI=1S/C23H25FN4O2/c24-14-15-9-11-27(12-10-15)19-13-18(23(29)30)25-22-20(19)21(16-5-4-6-16)26-28(22)17-7-2-1-3-8-17/h1-3,7-8,13,15-16H,4-6,9-12,14H2,(H,29,30). The number of fused-ring (bicyclic) bond motifs is 1. The van der Waals surface area contributed by atoms with Gasteiger partial charge in [0.15, 0.2) is 11.3 Å². The van der Waals surface area contributed by atoms with E-state index in [1.165, 1.54) is 6.42 Å². The fourth-order valence-electron chi connectivity index (χ4n) is 4.53.